The lowest BCUT2D eigenvalue weighted by Gasteiger charge is -2.25. The van der Waals surface area contributed by atoms with Gasteiger partial charge in [-0.25, -0.2) is 9.97 Å². The molecule has 1 saturated heterocycles. The van der Waals surface area contributed by atoms with Gasteiger partial charge in [0, 0.05) is 37.7 Å². The molecular weight excluding hydrogens is 314 g/mol. The van der Waals surface area contributed by atoms with Crippen LogP contribution in [0.4, 0.5) is 5.82 Å². The van der Waals surface area contributed by atoms with Gasteiger partial charge in [-0.2, -0.15) is 0 Å². The Bertz CT molecular complexity index is 777. The summed E-state index contributed by atoms with van der Waals surface area (Å²) in [6, 6.07) is 10.5. The second-order valence-corrected chi connectivity index (χ2v) is 6.78. The fourth-order valence-electron chi connectivity index (χ4n) is 3.57. The molecule has 2 aliphatic rings. The van der Waals surface area contributed by atoms with Crippen molar-refractivity contribution in [2.45, 2.75) is 31.7 Å². The van der Waals surface area contributed by atoms with E-state index >= 15 is 0 Å². The van der Waals surface area contributed by atoms with Crippen LogP contribution in [0.1, 0.15) is 33.9 Å². The monoisotopic (exact) mass is 337 g/mol. The number of aryl methyl sites for hydroxylation is 2. The molecule has 1 aromatic heterocycles. The largest absolute Gasteiger partial charge is 0.355 e. The highest BCUT2D eigenvalue weighted by Gasteiger charge is 2.29. The van der Waals surface area contributed by atoms with Crippen LogP contribution in [0.25, 0.3) is 0 Å². The van der Waals surface area contributed by atoms with Gasteiger partial charge < -0.3 is 16.0 Å². The standard InChI is InChI=1S/C19H23N5O/c20-14-9-11-24(12-14)18-15-8-10-21-19(25)17(15)22-16(23-18)7-6-13-4-2-1-3-5-13/h1-5,14H,6-12,20H2,(H,21,25). The molecule has 3 N–H and O–H groups in total. The van der Waals surface area contributed by atoms with Crippen molar-refractivity contribution < 1.29 is 4.79 Å². The van der Waals surface area contributed by atoms with Crippen LogP contribution in [-0.4, -0.2) is 41.6 Å². The first kappa shape index (κ1) is 16.0. The zero-order valence-corrected chi connectivity index (χ0v) is 14.2. The van der Waals surface area contributed by atoms with Gasteiger partial charge in [0.1, 0.15) is 17.3 Å². The van der Waals surface area contributed by atoms with E-state index in [9.17, 15) is 4.79 Å². The van der Waals surface area contributed by atoms with Crippen molar-refractivity contribution in [2.75, 3.05) is 24.5 Å². The third kappa shape index (κ3) is 3.35. The number of nitrogens with two attached hydrogens (primary N) is 1. The van der Waals surface area contributed by atoms with Gasteiger partial charge >= 0.3 is 0 Å². The van der Waals surface area contributed by atoms with E-state index in [0.29, 0.717) is 12.2 Å². The lowest BCUT2D eigenvalue weighted by atomic mass is 10.0. The summed E-state index contributed by atoms with van der Waals surface area (Å²) in [5.74, 6) is 1.56. The van der Waals surface area contributed by atoms with Crippen molar-refractivity contribution in [3.8, 4) is 0 Å². The molecule has 2 aromatic rings. The van der Waals surface area contributed by atoms with Gasteiger partial charge in [-0.05, 0) is 24.8 Å². The van der Waals surface area contributed by atoms with Crippen LogP contribution in [0.2, 0.25) is 0 Å². The van der Waals surface area contributed by atoms with Crippen molar-refractivity contribution in [3.05, 3.63) is 53.0 Å². The minimum Gasteiger partial charge on any atom is -0.355 e. The second kappa shape index (κ2) is 6.80. The van der Waals surface area contributed by atoms with E-state index in [-0.39, 0.29) is 11.9 Å². The number of carbonyl (C=O) groups excluding carboxylic acids is 1. The molecular formula is C19H23N5O. The normalized spacial score (nSPS) is 19.6. The summed E-state index contributed by atoms with van der Waals surface area (Å²) in [6.45, 7) is 2.33. The van der Waals surface area contributed by atoms with Crippen LogP contribution in [0.5, 0.6) is 0 Å². The zero-order valence-electron chi connectivity index (χ0n) is 14.2. The molecule has 1 fully saturated rings. The lowest BCUT2D eigenvalue weighted by molar-refractivity contribution is 0.0940. The summed E-state index contributed by atoms with van der Waals surface area (Å²) in [4.78, 5) is 23.9. The van der Waals surface area contributed by atoms with Gasteiger partial charge in [-0.3, -0.25) is 4.79 Å². The molecule has 1 amide bonds. The molecule has 0 saturated carbocycles. The maximum atomic E-state index is 12.3. The molecule has 0 aliphatic carbocycles. The Kier molecular flexibility index (Phi) is 4.36. The Morgan fingerprint density at radius 3 is 2.80 bits per heavy atom. The van der Waals surface area contributed by atoms with Crippen LogP contribution >= 0.6 is 0 Å². The Hall–Kier alpha value is -2.47. The van der Waals surface area contributed by atoms with Crippen molar-refractivity contribution in [1.82, 2.24) is 15.3 Å². The Balaban J connectivity index is 1.65. The Morgan fingerprint density at radius 1 is 1.20 bits per heavy atom. The van der Waals surface area contributed by atoms with E-state index in [2.05, 4.69) is 27.3 Å². The van der Waals surface area contributed by atoms with Crippen LogP contribution < -0.4 is 16.0 Å². The third-order valence-corrected chi connectivity index (χ3v) is 4.91. The quantitative estimate of drug-likeness (QED) is 0.872. The average molecular weight is 337 g/mol. The first-order valence-electron chi connectivity index (χ1n) is 8.93. The molecule has 4 rings (SSSR count). The summed E-state index contributed by atoms with van der Waals surface area (Å²) in [7, 11) is 0. The minimum atomic E-state index is -0.0886. The smallest absolute Gasteiger partial charge is 0.270 e. The summed E-state index contributed by atoms with van der Waals surface area (Å²) < 4.78 is 0. The molecule has 25 heavy (non-hydrogen) atoms. The summed E-state index contributed by atoms with van der Waals surface area (Å²) in [6.07, 6.45) is 3.32. The highest BCUT2D eigenvalue weighted by Crippen LogP contribution is 2.27. The SMILES string of the molecule is NC1CCN(c2nc(CCc3ccccc3)nc3c2CCNC3=O)C1. The Labute approximate surface area is 147 Å². The van der Waals surface area contributed by atoms with E-state index in [0.717, 1.165) is 56.0 Å². The van der Waals surface area contributed by atoms with Crippen molar-refractivity contribution in [3.63, 3.8) is 0 Å². The summed E-state index contributed by atoms with van der Waals surface area (Å²) in [5, 5.41) is 2.89. The first-order chi connectivity index (χ1) is 12.2. The van der Waals surface area contributed by atoms with Crippen molar-refractivity contribution in [2.24, 2.45) is 5.73 Å². The van der Waals surface area contributed by atoms with Gasteiger partial charge in [0.2, 0.25) is 0 Å². The number of rotatable bonds is 4. The van der Waals surface area contributed by atoms with Gasteiger partial charge in [0.05, 0.1) is 0 Å². The number of hydrogen-bond acceptors (Lipinski definition) is 5. The van der Waals surface area contributed by atoms with Gasteiger partial charge in [0.25, 0.3) is 5.91 Å². The Morgan fingerprint density at radius 2 is 2.04 bits per heavy atom. The number of anilines is 1. The highest BCUT2D eigenvalue weighted by molar-refractivity contribution is 5.96. The number of benzene rings is 1. The first-order valence-corrected chi connectivity index (χ1v) is 8.93. The number of fused-ring (bicyclic) bond motifs is 1. The molecule has 1 atom stereocenters. The predicted molar refractivity (Wildman–Crippen MR) is 96.7 cm³/mol. The number of aromatic nitrogens is 2. The maximum absolute atomic E-state index is 12.3. The van der Waals surface area contributed by atoms with Crippen molar-refractivity contribution in [1.29, 1.82) is 0 Å². The maximum Gasteiger partial charge on any atom is 0.270 e. The van der Waals surface area contributed by atoms with Crippen LogP contribution in [0.15, 0.2) is 30.3 Å². The van der Waals surface area contributed by atoms with Gasteiger partial charge in [-0.1, -0.05) is 30.3 Å². The highest BCUT2D eigenvalue weighted by atomic mass is 16.1. The van der Waals surface area contributed by atoms with E-state index in [4.69, 9.17) is 10.7 Å². The average Bonchev–Trinajstić information content (AvgIpc) is 3.07. The second-order valence-electron chi connectivity index (χ2n) is 6.78. The van der Waals surface area contributed by atoms with Crippen molar-refractivity contribution >= 4 is 11.7 Å². The molecule has 0 bridgehead atoms. The number of carbonyl (C=O) groups is 1. The molecule has 0 radical (unpaired) electrons. The lowest BCUT2D eigenvalue weighted by Crippen LogP contribution is -2.36. The number of hydrogen-bond donors (Lipinski definition) is 2. The summed E-state index contributed by atoms with van der Waals surface area (Å²) >= 11 is 0. The molecule has 2 aliphatic heterocycles. The van der Waals surface area contributed by atoms with E-state index in [1.54, 1.807) is 0 Å². The predicted octanol–water partition coefficient (Wildman–Crippen LogP) is 1.09. The van der Waals surface area contributed by atoms with Gasteiger partial charge in [0.15, 0.2) is 0 Å². The number of amides is 1. The molecule has 3 heterocycles. The molecule has 1 aromatic carbocycles. The fourth-order valence-corrected chi connectivity index (χ4v) is 3.57. The molecule has 1 unspecified atom stereocenters. The van der Waals surface area contributed by atoms with Gasteiger partial charge in [-0.15, -0.1) is 0 Å². The minimum absolute atomic E-state index is 0.0886. The molecule has 6 nitrogen and oxygen atoms in total. The van der Waals surface area contributed by atoms with Crippen LogP contribution in [-0.2, 0) is 19.3 Å². The van der Waals surface area contributed by atoms with Crippen LogP contribution in [0.3, 0.4) is 0 Å². The van der Waals surface area contributed by atoms with E-state index in [1.165, 1.54) is 5.56 Å². The van der Waals surface area contributed by atoms with E-state index < -0.39 is 0 Å². The van der Waals surface area contributed by atoms with Crippen LogP contribution in [0, 0.1) is 0 Å². The zero-order chi connectivity index (χ0) is 17.2. The topological polar surface area (TPSA) is 84.1 Å². The molecule has 130 valence electrons. The van der Waals surface area contributed by atoms with E-state index in [1.807, 2.05) is 18.2 Å². The summed E-state index contributed by atoms with van der Waals surface area (Å²) in [5.41, 5.74) is 8.84. The number of nitrogens with one attached hydrogen (secondary N) is 1. The third-order valence-electron chi connectivity index (χ3n) is 4.91. The molecule has 0 spiro atoms. The number of nitrogens with zero attached hydrogens (tertiary/aromatic N) is 3. The fraction of sp³-hybridized carbons (Fsp3) is 0.421. The molecule has 6 heteroatoms.